The summed E-state index contributed by atoms with van der Waals surface area (Å²) in [6, 6.07) is 0. The molecule has 0 aromatic carbocycles. The van der Waals surface area contributed by atoms with Gasteiger partial charge in [-0.15, -0.1) is 0 Å². The van der Waals surface area contributed by atoms with Gasteiger partial charge in [0.2, 0.25) is 5.91 Å². The fourth-order valence-corrected chi connectivity index (χ4v) is 2.83. The summed E-state index contributed by atoms with van der Waals surface area (Å²) in [6.45, 7) is 22.6. The van der Waals surface area contributed by atoms with Gasteiger partial charge in [0, 0.05) is 6.54 Å². The highest BCUT2D eigenvalue weighted by molar-refractivity contribution is 5.83. The summed E-state index contributed by atoms with van der Waals surface area (Å²) in [4.78, 5) is 12.7. The van der Waals surface area contributed by atoms with E-state index in [9.17, 15) is 4.79 Å². The van der Waals surface area contributed by atoms with E-state index in [1.807, 2.05) is 6.92 Å². The molecule has 0 radical (unpaired) electrons. The van der Waals surface area contributed by atoms with E-state index in [1.54, 1.807) is 0 Å². The summed E-state index contributed by atoms with van der Waals surface area (Å²) in [5.41, 5.74) is -0.271. The maximum Gasteiger partial charge on any atom is 0.226 e. The number of hydrogen-bond acceptors (Lipinski definition) is 1. The first kappa shape index (κ1) is 18.5. The molecule has 0 fully saturated rings. The zero-order valence-corrected chi connectivity index (χ0v) is 14.8. The van der Waals surface area contributed by atoms with Crippen LogP contribution in [0, 0.1) is 21.7 Å². The van der Waals surface area contributed by atoms with E-state index in [2.05, 4.69) is 67.6 Å². The second-order valence-corrected chi connectivity index (χ2v) is 8.80. The highest BCUT2D eigenvalue weighted by atomic mass is 16.2. The molecule has 0 aromatic rings. The van der Waals surface area contributed by atoms with Crippen molar-refractivity contribution in [2.24, 2.45) is 21.7 Å². The summed E-state index contributed by atoms with van der Waals surface area (Å²) in [6.07, 6.45) is 0.885. The first-order valence-electron chi connectivity index (χ1n) is 7.47. The van der Waals surface area contributed by atoms with Crippen LogP contribution in [0.4, 0.5) is 0 Å². The van der Waals surface area contributed by atoms with Crippen LogP contribution in [0.5, 0.6) is 0 Å². The molecular formula is C17H35NO. The summed E-state index contributed by atoms with van der Waals surface area (Å²) < 4.78 is 0. The third-order valence-electron chi connectivity index (χ3n) is 4.98. The highest BCUT2D eigenvalue weighted by Gasteiger charge is 2.53. The first-order valence-corrected chi connectivity index (χ1v) is 7.47. The Hall–Kier alpha value is -0.530. The molecule has 0 aliphatic rings. The second-order valence-electron chi connectivity index (χ2n) is 8.80. The van der Waals surface area contributed by atoms with Gasteiger partial charge in [-0.25, -0.2) is 0 Å². The second kappa shape index (κ2) is 5.46. The number of hydrogen-bond donors (Lipinski definition) is 1. The van der Waals surface area contributed by atoms with Crippen LogP contribution in [0.2, 0.25) is 0 Å². The van der Waals surface area contributed by atoms with Gasteiger partial charge in [-0.2, -0.15) is 0 Å². The third kappa shape index (κ3) is 3.97. The minimum absolute atomic E-state index is 0.0675. The Kier molecular flexibility index (Phi) is 5.30. The van der Waals surface area contributed by atoms with Gasteiger partial charge in [-0.05, 0) is 29.6 Å². The van der Waals surface area contributed by atoms with Crippen LogP contribution in [-0.2, 0) is 4.79 Å². The van der Waals surface area contributed by atoms with Gasteiger partial charge in [0.25, 0.3) is 0 Å². The molecule has 1 unspecified atom stereocenters. The standard InChI is InChI=1S/C17H35NO/c1-11-18-13(19)17(10,12-14(2,3)4)16(8,9)15(5,6)7/h11-12H2,1-10H3,(H,18,19). The van der Waals surface area contributed by atoms with Crippen molar-refractivity contribution < 1.29 is 4.79 Å². The van der Waals surface area contributed by atoms with Crippen LogP contribution < -0.4 is 5.32 Å². The van der Waals surface area contributed by atoms with Crippen LogP contribution in [0.25, 0.3) is 0 Å². The van der Waals surface area contributed by atoms with Crippen molar-refractivity contribution in [1.82, 2.24) is 5.32 Å². The topological polar surface area (TPSA) is 29.1 Å². The summed E-state index contributed by atoms with van der Waals surface area (Å²) in [7, 11) is 0. The van der Waals surface area contributed by atoms with Crippen LogP contribution in [0.1, 0.15) is 75.7 Å². The maximum atomic E-state index is 12.7. The van der Waals surface area contributed by atoms with Crippen molar-refractivity contribution in [1.29, 1.82) is 0 Å². The lowest BCUT2D eigenvalue weighted by molar-refractivity contribution is -0.147. The van der Waals surface area contributed by atoms with Crippen molar-refractivity contribution in [2.45, 2.75) is 75.7 Å². The normalized spacial score (nSPS) is 16.9. The monoisotopic (exact) mass is 269 g/mol. The van der Waals surface area contributed by atoms with Gasteiger partial charge < -0.3 is 5.32 Å². The van der Waals surface area contributed by atoms with Crippen molar-refractivity contribution in [3.05, 3.63) is 0 Å². The van der Waals surface area contributed by atoms with E-state index >= 15 is 0 Å². The summed E-state index contributed by atoms with van der Waals surface area (Å²) in [5.74, 6) is 0.185. The number of amides is 1. The average Bonchev–Trinajstić information content (AvgIpc) is 2.13. The fourth-order valence-electron chi connectivity index (χ4n) is 2.83. The molecule has 0 saturated heterocycles. The van der Waals surface area contributed by atoms with Gasteiger partial charge in [0.15, 0.2) is 0 Å². The number of nitrogens with one attached hydrogen (secondary N) is 1. The smallest absolute Gasteiger partial charge is 0.226 e. The average molecular weight is 269 g/mol. The SMILES string of the molecule is CCNC(=O)C(C)(CC(C)(C)C)C(C)(C)C(C)(C)C. The van der Waals surface area contributed by atoms with E-state index in [-0.39, 0.29) is 27.6 Å². The van der Waals surface area contributed by atoms with Gasteiger partial charge >= 0.3 is 0 Å². The lowest BCUT2D eigenvalue weighted by Gasteiger charge is -2.53. The Morgan fingerprint density at radius 2 is 1.32 bits per heavy atom. The van der Waals surface area contributed by atoms with Crippen LogP contribution in [0.15, 0.2) is 0 Å². The van der Waals surface area contributed by atoms with E-state index in [1.165, 1.54) is 0 Å². The molecule has 0 bridgehead atoms. The van der Waals surface area contributed by atoms with E-state index in [4.69, 9.17) is 0 Å². The number of carbonyl (C=O) groups excluding carboxylic acids is 1. The zero-order valence-electron chi connectivity index (χ0n) is 14.8. The molecule has 1 N–H and O–H groups in total. The van der Waals surface area contributed by atoms with Crippen molar-refractivity contribution in [2.75, 3.05) is 6.54 Å². The Morgan fingerprint density at radius 3 is 1.58 bits per heavy atom. The Balaban J connectivity index is 5.71. The van der Waals surface area contributed by atoms with Crippen LogP contribution in [-0.4, -0.2) is 12.5 Å². The minimum Gasteiger partial charge on any atom is -0.356 e. The molecule has 0 heterocycles. The minimum atomic E-state index is -0.375. The van der Waals surface area contributed by atoms with Gasteiger partial charge in [-0.3, -0.25) is 4.79 Å². The van der Waals surface area contributed by atoms with Crippen LogP contribution in [0.3, 0.4) is 0 Å². The van der Waals surface area contributed by atoms with Crippen molar-refractivity contribution in [3.63, 3.8) is 0 Å². The molecule has 0 aliphatic heterocycles. The lowest BCUT2D eigenvalue weighted by atomic mass is 9.51. The molecular weight excluding hydrogens is 234 g/mol. The molecule has 0 saturated carbocycles. The molecule has 0 aliphatic carbocycles. The quantitative estimate of drug-likeness (QED) is 0.791. The Morgan fingerprint density at radius 1 is 0.895 bits per heavy atom. The Bertz CT molecular complexity index is 317. The van der Waals surface area contributed by atoms with Crippen molar-refractivity contribution in [3.8, 4) is 0 Å². The predicted octanol–water partition coefficient (Wildman–Crippen LogP) is 4.64. The zero-order chi connectivity index (χ0) is 15.7. The summed E-state index contributed by atoms with van der Waals surface area (Å²) in [5, 5.41) is 3.05. The molecule has 1 atom stereocenters. The number of rotatable bonds is 4. The van der Waals surface area contributed by atoms with E-state index in [0.717, 1.165) is 6.42 Å². The summed E-state index contributed by atoms with van der Waals surface area (Å²) >= 11 is 0. The van der Waals surface area contributed by atoms with E-state index in [0.29, 0.717) is 6.54 Å². The lowest BCUT2D eigenvalue weighted by Crippen LogP contribution is -2.54. The highest BCUT2D eigenvalue weighted by Crippen LogP contribution is 2.55. The maximum absolute atomic E-state index is 12.7. The van der Waals surface area contributed by atoms with Gasteiger partial charge in [0.1, 0.15) is 0 Å². The molecule has 0 rings (SSSR count). The molecule has 0 spiro atoms. The molecule has 0 aromatic heterocycles. The Labute approximate surface area is 120 Å². The van der Waals surface area contributed by atoms with Gasteiger partial charge in [-0.1, -0.05) is 62.3 Å². The molecule has 19 heavy (non-hydrogen) atoms. The van der Waals surface area contributed by atoms with Crippen LogP contribution >= 0.6 is 0 Å². The first-order chi connectivity index (χ1) is 8.19. The largest absolute Gasteiger partial charge is 0.356 e. The third-order valence-corrected chi connectivity index (χ3v) is 4.98. The van der Waals surface area contributed by atoms with Crippen molar-refractivity contribution >= 4 is 5.91 Å². The predicted molar refractivity (Wildman–Crippen MR) is 84.1 cm³/mol. The van der Waals surface area contributed by atoms with Gasteiger partial charge in [0.05, 0.1) is 5.41 Å². The number of carbonyl (C=O) groups is 1. The molecule has 2 nitrogen and oxygen atoms in total. The molecule has 1 amide bonds. The van der Waals surface area contributed by atoms with E-state index < -0.39 is 0 Å². The fraction of sp³-hybridized carbons (Fsp3) is 0.941. The molecule has 2 heteroatoms. The molecule has 114 valence electrons.